The molecule has 0 fully saturated rings. The highest BCUT2D eigenvalue weighted by Crippen LogP contribution is 1.99. The molecule has 5 heteroatoms. The van der Waals surface area contributed by atoms with E-state index in [9.17, 15) is 4.79 Å². The average molecular weight is 204 g/mol. The van der Waals surface area contributed by atoms with Gasteiger partial charge in [-0.3, -0.25) is 0 Å². The fraction of sp³-hybridized carbons (Fsp3) is 0.667. The zero-order valence-corrected chi connectivity index (χ0v) is 8.14. The standard InChI is InChI=1S/C9H16O5/c1-7(3-2-4-10)9(13)14-6-8(12)5-11/h3,8,10-12H,2,4-6H2,1H3. The summed E-state index contributed by atoms with van der Waals surface area (Å²) in [5, 5.41) is 25.8. The maximum absolute atomic E-state index is 11.1. The van der Waals surface area contributed by atoms with E-state index in [1.807, 2.05) is 0 Å². The van der Waals surface area contributed by atoms with Crippen LogP contribution in [0.5, 0.6) is 0 Å². The van der Waals surface area contributed by atoms with Gasteiger partial charge in [-0.05, 0) is 13.3 Å². The first-order valence-electron chi connectivity index (χ1n) is 4.35. The predicted molar refractivity (Wildman–Crippen MR) is 49.5 cm³/mol. The fourth-order valence-corrected chi connectivity index (χ4v) is 0.703. The Balaban J connectivity index is 3.84. The van der Waals surface area contributed by atoms with Crippen molar-refractivity contribution in [3.63, 3.8) is 0 Å². The van der Waals surface area contributed by atoms with Crippen LogP contribution in [0.3, 0.4) is 0 Å². The highest BCUT2D eigenvalue weighted by Gasteiger charge is 2.08. The van der Waals surface area contributed by atoms with Gasteiger partial charge in [0.05, 0.1) is 6.61 Å². The minimum Gasteiger partial charge on any atom is -0.459 e. The van der Waals surface area contributed by atoms with Crippen LogP contribution in [0, 0.1) is 0 Å². The van der Waals surface area contributed by atoms with Gasteiger partial charge in [-0.15, -0.1) is 0 Å². The molecule has 0 aromatic carbocycles. The largest absolute Gasteiger partial charge is 0.459 e. The summed E-state index contributed by atoms with van der Waals surface area (Å²) >= 11 is 0. The summed E-state index contributed by atoms with van der Waals surface area (Å²) in [6.07, 6.45) is 0.904. The highest BCUT2D eigenvalue weighted by atomic mass is 16.5. The van der Waals surface area contributed by atoms with E-state index in [4.69, 9.17) is 15.3 Å². The molecule has 0 radical (unpaired) electrons. The molecule has 0 bridgehead atoms. The Bertz CT molecular complexity index is 199. The van der Waals surface area contributed by atoms with Gasteiger partial charge in [0.15, 0.2) is 0 Å². The first-order valence-corrected chi connectivity index (χ1v) is 4.35. The second kappa shape index (κ2) is 7.49. The highest BCUT2D eigenvalue weighted by molar-refractivity contribution is 5.87. The van der Waals surface area contributed by atoms with Crippen molar-refractivity contribution in [2.75, 3.05) is 19.8 Å². The third-order valence-corrected chi connectivity index (χ3v) is 1.52. The van der Waals surface area contributed by atoms with Crippen molar-refractivity contribution in [3.8, 4) is 0 Å². The predicted octanol–water partition coefficient (Wildman–Crippen LogP) is -0.789. The molecule has 82 valence electrons. The molecule has 5 nitrogen and oxygen atoms in total. The van der Waals surface area contributed by atoms with E-state index in [1.165, 1.54) is 0 Å². The molecule has 1 unspecified atom stereocenters. The number of rotatable bonds is 6. The summed E-state index contributed by atoms with van der Waals surface area (Å²) in [5.74, 6) is -0.550. The molecule has 3 N–H and O–H groups in total. The van der Waals surface area contributed by atoms with Crippen LogP contribution in [0.2, 0.25) is 0 Å². The number of esters is 1. The number of carbonyl (C=O) groups is 1. The van der Waals surface area contributed by atoms with Crippen LogP contribution < -0.4 is 0 Å². The monoisotopic (exact) mass is 204 g/mol. The second-order valence-corrected chi connectivity index (χ2v) is 2.83. The Morgan fingerprint density at radius 3 is 2.64 bits per heavy atom. The molecule has 0 saturated carbocycles. The van der Waals surface area contributed by atoms with Gasteiger partial charge in [0.1, 0.15) is 12.7 Å². The van der Waals surface area contributed by atoms with Gasteiger partial charge in [0.2, 0.25) is 0 Å². The summed E-state index contributed by atoms with van der Waals surface area (Å²) in [7, 11) is 0. The molecule has 0 aromatic heterocycles. The summed E-state index contributed by atoms with van der Waals surface area (Å²) < 4.78 is 4.65. The van der Waals surface area contributed by atoms with Crippen LogP contribution in [-0.4, -0.2) is 47.2 Å². The second-order valence-electron chi connectivity index (χ2n) is 2.83. The molecule has 0 aliphatic heterocycles. The van der Waals surface area contributed by atoms with E-state index < -0.39 is 18.7 Å². The van der Waals surface area contributed by atoms with Crippen LogP contribution in [0.15, 0.2) is 11.6 Å². The number of aliphatic hydroxyl groups is 3. The molecule has 14 heavy (non-hydrogen) atoms. The van der Waals surface area contributed by atoms with Gasteiger partial charge in [-0.25, -0.2) is 4.79 Å². The maximum atomic E-state index is 11.1. The SMILES string of the molecule is CC(=CCCO)C(=O)OCC(O)CO. The van der Waals surface area contributed by atoms with Gasteiger partial charge in [-0.1, -0.05) is 6.08 Å². The minimum atomic E-state index is -1.04. The molecule has 0 aromatic rings. The van der Waals surface area contributed by atoms with Crippen molar-refractivity contribution in [1.82, 2.24) is 0 Å². The first-order chi connectivity index (χ1) is 6.61. The Morgan fingerprint density at radius 2 is 2.14 bits per heavy atom. The molecule has 0 spiro atoms. The van der Waals surface area contributed by atoms with Crippen molar-refractivity contribution in [1.29, 1.82) is 0 Å². The number of hydrogen-bond donors (Lipinski definition) is 3. The van der Waals surface area contributed by atoms with Gasteiger partial charge in [0, 0.05) is 12.2 Å². The molecular weight excluding hydrogens is 188 g/mol. The first kappa shape index (κ1) is 13.1. The van der Waals surface area contributed by atoms with Crippen LogP contribution in [-0.2, 0) is 9.53 Å². The third kappa shape index (κ3) is 5.69. The van der Waals surface area contributed by atoms with Crippen molar-refractivity contribution >= 4 is 5.97 Å². The van der Waals surface area contributed by atoms with E-state index in [-0.39, 0.29) is 13.2 Å². The zero-order valence-electron chi connectivity index (χ0n) is 8.14. The molecular formula is C9H16O5. The van der Waals surface area contributed by atoms with E-state index in [0.717, 1.165) is 0 Å². The molecule has 0 heterocycles. The Kier molecular flexibility index (Phi) is 7.00. The summed E-state index contributed by atoms with van der Waals surface area (Å²) in [6.45, 7) is 0.875. The van der Waals surface area contributed by atoms with E-state index in [0.29, 0.717) is 12.0 Å². The lowest BCUT2D eigenvalue weighted by Gasteiger charge is -2.08. The van der Waals surface area contributed by atoms with Crippen molar-refractivity contribution < 1.29 is 24.9 Å². The van der Waals surface area contributed by atoms with Crippen LogP contribution >= 0.6 is 0 Å². The third-order valence-electron chi connectivity index (χ3n) is 1.52. The Hall–Kier alpha value is -0.910. The van der Waals surface area contributed by atoms with E-state index >= 15 is 0 Å². The smallest absolute Gasteiger partial charge is 0.333 e. The maximum Gasteiger partial charge on any atom is 0.333 e. The average Bonchev–Trinajstić information content (AvgIpc) is 2.21. The lowest BCUT2D eigenvalue weighted by molar-refractivity contribution is -0.142. The Labute approximate surface area is 82.6 Å². The number of carbonyl (C=O) groups excluding carboxylic acids is 1. The lowest BCUT2D eigenvalue weighted by atomic mass is 10.2. The molecule has 0 saturated heterocycles. The molecule has 0 aliphatic rings. The van der Waals surface area contributed by atoms with Crippen LogP contribution in [0.4, 0.5) is 0 Å². The van der Waals surface area contributed by atoms with Crippen molar-refractivity contribution in [2.24, 2.45) is 0 Å². The Morgan fingerprint density at radius 1 is 1.50 bits per heavy atom. The van der Waals surface area contributed by atoms with Crippen molar-refractivity contribution in [3.05, 3.63) is 11.6 Å². The van der Waals surface area contributed by atoms with Crippen LogP contribution in [0.1, 0.15) is 13.3 Å². The molecule has 0 rings (SSSR count). The topological polar surface area (TPSA) is 87.0 Å². The summed E-state index contributed by atoms with van der Waals surface area (Å²) in [5.41, 5.74) is 0.379. The van der Waals surface area contributed by atoms with Gasteiger partial charge in [-0.2, -0.15) is 0 Å². The number of ether oxygens (including phenoxy) is 1. The van der Waals surface area contributed by atoms with Gasteiger partial charge >= 0.3 is 5.97 Å². The van der Waals surface area contributed by atoms with E-state index in [1.54, 1.807) is 13.0 Å². The van der Waals surface area contributed by atoms with Crippen molar-refractivity contribution in [2.45, 2.75) is 19.4 Å². The molecule has 1 atom stereocenters. The molecule has 0 aliphatic carbocycles. The number of hydrogen-bond acceptors (Lipinski definition) is 5. The molecule has 0 amide bonds. The zero-order chi connectivity index (χ0) is 11.0. The lowest BCUT2D eigenvalue weighted by Crippen LogP contribution is -2.22. The van der Waals surface area contributed by atoms with Gasteiger partial charge in [0.25, 0.3) is 0 Å². The van der Waals surface area contributed by atoms with Gasteiger partial charge < -0.3 is 20.1 Å². The van der Waals surface area contributed by atoms with E-state index in [2.05, 4.69) is 4.74 Å². The summed E-state index contributed by atoms with van der Waals surface area (Å²) in [6, 6.07) is 0. The normalized spacial score (nSPS) is 13.9. The summed E-state index contributed by atoms with van der Waals surface area (Å²) in [4.78, 5) is 11.1. The van der Waals surface area contributed by atoms with Crippen LogP contribution in [0.25, 0.3) is 0 Å². The minimum absolute atomic E-state index is 0.0239. The number of aliphatic hydroxyl groups excluding tert-OH is 3. The fourth-order valence-electron chi connectivity index (χ4n) is 0.703. The quantitative estimate of drug-likeness (QED) is 0.390.